The van der Waals surface area contributed by atoms with Crippen molar-refractivity contribution in [1.29, 1.82) is 0 Å². The van der Waals surface area contributed by atoms with Crippen LogP contribution in [0.15, 0.2) is 91.1 Å². The Hall–Kier alpha value is -4.60. The van der Waals surface area contributed by atoms with Gasteiger partial charge in [0.25, 0.3) is 0 Å². The predicted molar refractivity (Wildman–Crippen MR) is 171 cm³/mol. The zero-order valence-electron chi connectivity index (χ0n) is 23.9. The fraction of sp³-hybridized carbons (Fsp3) is 0.229. The quantitative estimate of drug-likeness (QED) is 0.142. The smallest absolute Gasteiger partial charge is 0.231 e. The van der Waals surface area contributed by atoms with Crippen molar-refractivity contribution >= 4 is 44.7 Å². The second-order valence-corrected chi connectivity index (χ2v) is 12.6. The lowest BCUT2D eigenvalue weighted by Gasteiger charge is -2.16. The van der Waals surface area contributed by atoms with Crippen molar-refractivity contribution in [3.8, 4) is 21.9 Å². The molecule has 2 heterocycles. The average Bonchev–Trinajstić information content (AvgIpc) is 3.96. The van der Waals surface area contributed by atoms with E-state index in [0.717, 1.165) is 27.2 Å². The lowest BCUT2D eigenvalue weighted by molar-refractivity contribution is -0.126. The molecule has 9 heteroatoms. The van der Waals surface area contributed by atoms with Crippen LogP contribution in [0.4, 0.5) is 15.8 Å². The molecule has 0 bridgehead atoms. The van der Waals surface area contributed by atoms with E-state index in [0.29, 0.717) is 36.0 Å². The highest BCUT2D eigenvalue weighted by molar-refractivity contribution is 7.22. The highest BCUT2D eigenvalue weighted by atomic mass is 32.1. The van der Waals surface area contributed by atoms with Crippen molar-refractivity contribution < 1.29 is 18.7 Å². The number of aromatic nitrogens is 1. The maximum absolute atomic E-state index is 15.2. The number of pyridine rings is 1. The van der Waals surface area contributed by atoms with Gasteiger partial charge >= 0.3 is 0 Å². The Morgan fingerprint density at radius 2 is 1.70 bits per heavy atom. The molecule has 3 N–H and O–H groups in total. The first-order chi connectivity index (χ1) is 21.4. The van der Waals surface area contributed by atoms with Gasteiger partial charge in [0.1, 0.15) is 5.75 Å². The van der Waals surface area contributed by atoms with Crippen molar-refractivity contribution in [2.24, 2.45) is 5.41 Å². The van der Waals surface area contributed by atoms with Crippen molar-refractivity contribution in [2.75, 3.05) is 10.6 Å². The summed E-state index contributed by atoms with van der Waals surface area (Å²) in [5.41, 5.74) is 3.33. The molecular weight excluding hydrogens is 575 g/mol. The molecule has 0 saturated heterocycles. The number of benzene rings is 3. The van der Waals surface area contributed by atoms with Gasteiger partial charge in [0, 0.05) is 53.6 Å². The number of hydrogen-bond acceptors (Lipinski definition) is 6. The number of fused-ring (bicyclic) bond motifs is 1. The van der Waals surface area contributed by atoms with Crippen molar-refractivity contribution in [2.45, 2.75) is 44.7 Å². The molecule has 0 spiro atoms. The van der Waals surface area contributed by atoms with Gasteiger partial charge in [-0.1, -0.05) is 42.5 Å². The van der Waals surface area contributed by atoms with Gasteiger partial charge in [-0.15, -0.1) is 11.3 Å². The lowest BCUT2D eigenvalue weighted by Crippen LogP contribution is -2.28. The van der Waals surface area contributed by atoms with Crippen LogP contribution in [0, 0.1) is 11.2 Å². The van der Waals surface area contributed by atoms with E-state index in [2.05, 4.69) is 45.2 Å². The molecule has 44 heavy (non-hydrogen) atoms. The fourth-order valence-electron chi connectivity index (χ4n) is 5.19. The van der Waals surface area contributed by atoms with Crippen LogP contribution in [0.25, 0.3) is 20.7 Å². The number of rotatable bonds is 11. The number of para-hydroxylation sites is 1. The maximum Gasteiger partial charge on any atom is 0.231 e. The molecule has 3 aromatic carbocycles. The highest BCUT2D eigenvalue weighted by Crippen LogP contribution is 2.50. The van der Waals surface area contributed by atoms with Gasteiger partial charge in [0.15, 0.2) is 11.6 Å². The third kappa shape index (κ3) is 6.34. The van der Waals surface area contributed by atoms with Gasteiger partial charge in [0.2, 0.25) is 11.8 Å². The molecule has 0 aliphatic heterocycles. The third-order valence-corrected chi connectivity index (χ3v) is 9.28. The van der Waals surface area contributed by atoms with Crippen molar-refractivity contribution in [1.82, 2.24) is 10.3 Å². The summed E-state index contributed by atoms with van der Waals surface area (Å²) < 4.78 is 22.1. The molecular formula is C35H31FN4O3S. The fourth-order valence-corrected chi connectivity index (χ4v) is 6.26. The van der Waals surface area contributed by atoms with E-state index in [1.54, 1.807) is 41.8 Å². The number of ether oxygens (including phenoxy) is 1. The van der Waals surface area contributed by atoms with E-state index in [1.807, 2.05) is 24.3 Å². The third-order valence-electron chi connectivity index (χ3n) is 8.09. The van der Waals surface area contributed by atoms with Crippen LogP contribution in [0.5, 0.6) is 11.5 Å². The van der Waals surface area contributed by atoms with E-state index in [1.165, 1.54) is 30.5 Å². The van der Waals surface area contributed by atoms with Crippen molar-refractivity contribution in [3.05, 3.63) is 103 Å². The largest absolute Gasteiger partial charge is 0.453 e. The minimum absolute atomic E-state index is 0.0429. The van der Waals surface area contributed by atoms with E-state index in [-0.39, 0.29) is 24.0 Å². The van der Waals surface area contributed by atoms with Gasteiger partial charge < -0.3 is 20.7 Å². The van der Waals surface area contributed by atoms with Gasteiger partial charge in [-0.25, -0.2) is 4.39 Å². The Bertz CT molecular complexity index is 1830. The summed E-state index contributed by atoms with van der Waals surface area (Å²) in [6.07, 6.45) is 5.45. The molecule has 2 aromatic heterocycles. The standard InChI is InChI=1S/C35H31FN4O3S/c36-27-18-26(40-34(42)35(15-16-35)20-32(41)39-25-4-2-1-3-5-25)12-13-29(27)43-30-14-17-37-28-19-31(44-33(28)30)23-8-6-22(7-9-23)21-38-24-10-11-24/h1-9,12-14,17-19,24,38H,10-11,15-16,20-21H2,(H,39,41)(H,40,42). The topological polar surface area (TPSA) is 92.4 Å². The van der Waals surface area contributed by atoms with E-state index in [9.17, 15) is 9.59 Å². The van der Waals surface area contributed by atoms with Crippen LogP contribution >= 0.6 is 11.3 Å². The molecule has 2 fully saturated rings. The molecule has 2 amide bonds. The number of amides is 2. The number of carbonyl (C=O) groups excluding carboxylic acids is 2. The second-order valence-electron chi connectivity index (χ2n) is 11.6. The summed E-state index contributed by atoms with van der Waals surface area (Å²) in [4.78, 5) is 31.2. The number of hydrogen-bond donors (Lipinski definition) is 3. The molecule has 0 radical (unpaired) electrons. The number of carbonyl (C=O) groups is 2. The monoisotopic (exact) mass is 606 g/mol. The van der Waals surface area contributed by atoms with Crippen LogP contribution in [-0.2, 0) is 16.1 Å². The van der Waals surface area contributed by atoms with Crippen LogP contribution in [0.3, 0.4) is 0 Å². The van der Waals surface area contributed by atoms with Crippen LogP contribution in [0.2, 0.25) is 0 Å². The maximum atomic E-state index is 15.2. The summed E-state index contributed by atoms with van der Waals surface area (Å²) in [7, 11) is 0. The summed E-state index contributed by atoms with van der Waals surface area (Å²) in [6, 6.07) is 26.4. The molecule has 0 unspecified atom stereocenters. The molecule has 2 saturated carbocycles. The average molecular weight is 607 g/mol. The predicted octanol–water partition coefficient (Wildman–Crippen LogP) is 7.89. The van der Waals surface area contributed by atoms with Gasteiger partial charge in [0.05, 0.1) is 15.6 Å². The number of thiophene rings is 1. The minimum atomic E-state index is -0.780. The van der Waals surface area contributed by atoms with Crippen LogP contribution in [0.1, 0.15) is 37.7 Å². The Morgan fingerprint density at radius 1 is 0.909 bits per heavy atom. The molecule has 5 aromatic rings. The number of anilines is 2. The molecule has 0 atom stereocenters. The second kappa shape index (κ2) is 11.8. The highest BCUT2D eigenvalue weighted by Gasteiger charge is 2.51. The van der Waals surface area contributed by atoms with Crippen LogP contribution < -0.4 is 20.7 Å². The normalized spacial score (nSPS) is 15.1. The van der Waals surface area contributed by atoms with Gasteiger partial charge in [-0.2, -0.15) is 0 Å². The zero-order chi connectivity index (χ0) is 30.1. The Kier molecular flexibility index (Phi) is 7.57. The summed E-state index contributed by atoms with van der Waals surface area (Å²) in [5, 5.41) is 9.16. The first kappa shape index (κ1) is 28.2. The first-order valence-electron chi connectivity index (χ1n) is 14.8. The SMILES string of the molecule is O=C(CC1(C(=O)Nc2ccc(Oc3ccnc4cc(-c5ccc(CNC6CC6)cc5)sc34)c(F)c2)CC1)Nc1ccccc1. The molecule has 7 rings (SSSR count). The Balaban J connectivity index is 1.01. The van der Waals surface area contributed by atoms with E-state index < -0.39 is 11.2 Å². The minimum Gasteiger partial charge on any atom is -0.453 e. The number of nitrogens with zero attached hydrogens (tertiary/aromatic N) is 1. The summed E-state index contributed by atoms with van der Waals surface area (Å²) in [6.45, 7) is 0.873. The van der Waals surface area contributed by atoms with Crippen molar-refractivity contribution in [3.63, 3.8) is 0 Å². The Labute approximate surface area is 258 Å². The summed E-state index contributed by atoms with van der Waals surface area (Å²) >= 11 is 1.55. The lowest BCUT2D eigenvalue weighted by atomic mass is 10.0. The first-order valence-corrected chi connectivity index (χ1v) is 15.6. The molecule has 222 valence electrons. The van der Waals surface area contributed by atoms with E-state index in [4.69, 9.17) is 4.74 Å². The summed E-state index contributed by atoms with van der Waals surface area (Å²) in [5.74, 6) is -0.568. The van der Waals surface area contributed by atoms with E-state index >= 15 is 4.39 Å². The number of halogens is 1. The number of nitrogens with one attached hydrogen (secondary N) is 3. The molecule has 2 aliphatic rings. The molecule has 2 aliphatic carbocycles. The van der Waals surface area contributed by atoms with Gasteiger partial charge in [-0.3, -0.25) is 14.6 Å². The van der Waals surface area contributed by atoms with Gasteiger partial charge in [-0.05, 0) is 67.1 Å². The van der Waals surface area contributed by atoms with Crippen LogP contribution in [-0.4, -0.2) is 22.8 Å². The zero-order valence-corrected chi connectivity index (χ0v) is 24.8. The Morgan fingerprint density at radius 3 is 2.43 bits per heavy atom. The molecule has 7 nitrogen and oxygen atoms in total.